The Hall–Kier alpha value is -1.73. The summed E-state index contributed by atoms with van der Waals surface area (Å²) in [5.41, 5.74) is 1.76. The van der Waals surface area contributed by atoms with E-state index in [1.165, 1.54) is 18.9 Å². The highest BCUT2D eigenvalue weighted by atomic mass is 35.5. The van der Waals surface area contributed by atoms with E-state index in [2.05, 4.69) is 26.5 Å². The van der Waals surface area contributed by atoms with E-state index >= 15 is 0 Å². The molecule has 1 aromatic carbocycles. The van der Waals surface area contributed by atoms with Gasteiger partial charge in [0.15, 0.2) is 5.16 Å². The lowest BCUT2D eigenvalue weighted by atomic mass is 10.3. The van der Waals surface area contributed by atoms with E-state index in [9.17, 15) is 9.59 Å². The van der Waals surface area contributed by atoms with Crippen molar-refractivity contribution in [3.8, 4) is 0 Å². The zero-order chi connectivity index (χ0) is 17.0. The third-order valence-electron chi connectivity index (χ3n) is 3.18. The standard InChI is InChI=1S/C15H18ClN3O3S/c1-4-7-19-12-6-5-10(16)8-11(12)17-14(19)23-9(2)13(20)18-15(21)22-3/h5-6,8-9H,4,7H2,1-3H3,(H,18,20,21)/t9-/m1/s1. The van der Waals surface area contributed by atoms with Crippen molar-refractivity contribution in [1.29, 1.82) is 0 Å². The Labute approximate surface area is 143 Å². The van der Waals surface area contributed by atoms with Crippen molar-refractivity contribution >= 4 is 46.4 Å². The van der Waals surface area contributed by atoms with Crippen molar-refractivity contribution in [1.82, 2.24) is 14.9 Å². The summed E-state index contributed by atoms with van der Waals surface area (Å²) in [5, 5.41) is 3.01. The highest BCUT2D eigenvalue weighted by Crippen LogP contribution is 2.29. The van der Waals surface area contributed by atoms with Crippen LogP contribution in [0, 0.1) is 0 Å². The van der Waals surface area contributed by atoms with E-state index < -0.39 is 17.3 Å². The van der Waals surface area contributed by atoms with Crippen molar-refractivity contribution in [2.45, 2.75) is 37.2 Å². The van der Waals surface area contributed by atoms with Gasteiger partial charge in [0.2, 0.25) is 5.91 Å². The van der Waals surface area contributed by atoms with Gasteiger partial charge in [0.25, 0.3) is 0 Å². The van der Waals surface area contributed by atoms with Crippen LogP contribution < -0.4 is 5.32 Å². The number of carbonyl (C=O) groups excluding carboxylic acids is 2. The first kappa shape index (κ1) is 17.6. The van der Waals surface area contributed by atoms with Crippen LogP contribution in [0.2, 0.25) is 5.02 Å². The molecule has 0 saturated carbocycles. The molecule has 1 N–H and O–H groups in total. The van der Waals surface area contributed by atoms with Gasteiger partial charge in [-0.05, 0) is 31.5 Å². The van der Waals surface area contributed by atoms with Gasteiger partial charge in [-0.3, -0.25) is 10.1 Å². The van der Waals surface area contributed by atoms with Crippen LogP contribution >= 0.6 is 23.4 Å². The van der Waals surface area contributed by atoms with Gasteiger partial charge >= 0.3 is 6.09 Å². The van der Waals surface area contributed by atoms with Crippen LogP contribution in [0.3, 0.4) is 0 Å². The number of hydrogen-bond donors (Lipinski definition) is 1. The van der Waals surface area contributed by atoms with Crippen molar-refractivity contribution < 1.29 is 14.3 Å². The monoisotopic (exact) mass is 355 g/mol. The summed E-state index contributed by atoms with van der Waals surface area (Å²) in [7, 11) is 1.21. The molecule has 2 amide bonds. The Morgan fingerprint density at radius 1 is 1.48 bits per heavy atom. The predicted octanol–water partition coefficient (Wildman–Crippen LogP) is 3.46. The Kier molecular flexibility index (Phi) is 5.90. The molecule has 1 atom stereocenters. The number of aromatic nitrogens is 2. The van der Waals surface area contributed by atoms with Gasteiger partial charge in [0.05, 0.1) is 23.4 Å². The fourth-order valence-electron chi connectivity index (χ4n) is 2.08. The minimum Gasteiger partial charge on any atom is -0.453 e. The number of thioether (sulfide) groups is 1. The molecule has 6 nitrogen and oxygen atoms in total. The van der Waals surface area contributed by atoms with E-state index in [1.807, 2.05) is 12.1 Å². The maximum Gasteiger partial charge on any atom is 0.413 e. The number of ether oxygens (including phenoxy) is 1. The fourth-order valence-corrected chi connectivity index (χ4v) is 3.19. The third kappa shape index (κ3) is 4.17. The first-order chi connectivity index (χ1) is 11.0. The summed E-state index contributed by atoms with van der Waals surface area (Å²) in [6, 6.07) is 5.54. The summed E-state index contributed by atoms with van der Waals surface area (Å²) in [4.78, 5) is 27.7. The number of carbonyl (C=O) groups is 2. The molecule has 0 aliphatic heterocycles. The summed E-state index contributed by atoms with van der Waals surface area (Å²) in [5.74, 6) is -0.421. The molecule has 1 heterocycles. The molecule has 0 unspecified atom stereocenters. The molecular formula is C15H18ClN3O3S. The van der Waals surface area contributed by atoms with Gasteiger partial charge in [0, 0.05) is 11.6 Å². The maximum atomic E-state index is 12.0. The second kappa shape index (κ2) is 7.70. The number of rotatable bonds is 5. The normalized spacial score (nSPS) is 12.2. The lowest BCUT2D eigenvalue weighted by molar-refractivity contribution is -0.119. The summed E-state index contributed by atoms with van der Waals surface area (Å²) in [6.07, 6.45) is 0.168. The van der Waals surface area contributed by atoms with Crippen LogP contribution in [-0.4, -0.2) is 33.9 Å². The van der Waals surface area contributed by atoms with Crippen LogP contribution in [0.25, 0.3) is 11.0 Å². The average molecular weight is 356 g/mol. The molecule has 2 rings (SSSR count). The molecule has 0 spiro atoms. The zero-order valence-electron chi connectivity index (χ0n) is 13.1. The second-order valence-electron chi connectivity index (χ2n) is 4.92. The Morgan fingerprint density at radius 3 is 2.87 bits per heavy atom. The second-order valence-corrected chi connectivity index (χ2v) is 6.66. The van der Waals surface area contributed by atoms with E-state index in [0.29, 0.717) is 5.02 Å². The first-order valence-corrected chi connectivity index (χ1v) is 8.43. The minimum atomic E-state index is -0.767. The van der Waals surface area contributed by atoms with E-state index in [0.717, 1.165) is 29.2 Å². The number of amides is 2. The Balaban J connectivity index is 2.26. The van der Waals surface area contributed by atoms with Gasteiger partial charge in [-0.15, -0.1) is 0 Å². The molecule has 2 aromatic rings. The number of nitrogens with one attached hydrogen (secondary N) is 1. The van der Waals surface area contributed by atoms with Crippen LogP contribution in [-0.2, 0) is 16.1 Å². The number of methoxy groups -OCH3 is 1. The van der Waals surface area contributed by atoms with Crippen molar-refractivity contribution in [2.75, 3.05) is 7.11 Å². The number of aryl methyl sites for hydroxylation is 1. The zero-order valence-corrected chi connectivity index (χ0v) is 14.7. The number of benzene rings is 1. The maximum absolute atomic E-state index is 12.0. The van der Waals surface area contributed by atoms with Crippen LogP contribution in [0.5, 0.6) is 0 Å². The van der Waals surface area contributed by atoms with Gasteiger partial charge in [-0.1, -0.05) is 30.3 Å². The van der Waals surface area contributed by atoms with Crippen molar-refractivity contribution in [3.63, 3.8) is 0 Å². The van der Waals surface area contributed by atoms with Gasteiger partial charge in [0.1, 0.15) is 0 Å². The molecule has 0 bridgehead atoms. The molecule has 0 radical (unpaired) electrons. The molecule has 124 valence electrons. The Morgan fingerprint density at radius 2 is 2.22 bits per heavy atom. The van der Waals surface area contributed by atoms with Crippen LogP contribution in [0.15, 0.2) is 23.4 Å². The number of imidazole rings is 1. The largest absolute Gasteiger partial charge is 0.453 e. The summed E-state index contributed by atoms with van der Waals surface area (Å²) < 4.78 is 6.48. The number of hydrogen-bond acceptors (Lipinski definition) is 5. The smallest absolute Gasteiger partial charge is 0.413 e. The predicted molar refractivity (Wildman–Crippen MR) is 90.9 cm³/mol. The molecule has 0 fully saturated rings. The SMILES string of the molecule is CCCn1c(S[C@H](C)C(=O)NC(=O)OC)nc2cc(Cl)ccc21. The molecule has 23 heavy (non-hydrogen) atoms. The van der Waals surface area contributed by atoms with Crippen LogP contribution in [0.4, 0.5) is 4.79 Å². The molecule has 0 aliphatic rings. The number of alkyl carbamates (subject to hydrolysis) is 1. The average Bonchev–Trinajstić information content (AvgIpc) is 2.84. The highest BCUT2D eigenvalue weighted by Gasteiger charge is 2.21. The van der Waals surface area contributed by atoms with Crippen molar-refractivity contribution in [2.24, 2.45) is 0 Å². The highest BCUT2D eigenvalue weighted by molar-refractivity contribution is 8.00. The number of nitrogens with zero attached hydrogens (tertiary/aromatic N) is 2. The van der Waals surface area contributed by atoms with Gasteiger partial charge in [-0.25, -0.2) is 9.78 Å². The Bertz CT molecular complexity index is 732. The number of fused-ring (bicyclic) bond motifs is 1. The summed E-state index contributed by atoms with van der Waals surface area (Å²) >= 11 is 7.31. The minimum absolute atomic E-state index is 0.421. The quantitative estimate of drug-likeness (QED) is 0.831. The topological polar surface area (TPSA) is 73.2 Å². The van der Waals surface area contributed by atoms with Gasteiger partial charge in [-0.2, -0.15) is 0 Å². The third-order valence-corrected chi connectivity index (χ3v) is 4.51. The van der Waals surface area contributed by atoms with E-state index in [1.54, 1.807) is 13.0 Å². The van der Waals surface area contributed by atoms with Crippen molar-refractivity contribution in [3.05, 3.63) is 23.2 Å². The number of halogens is 1. The molecular weight excluding hydrogens is 338 g/mol. The molecule has 0 saturated heterocycles. The van der Waals surface area contributed by atoms with E-state index in [-0.39, 0.29) is 0 Å². The molecule has 0 aliphatic carbocycles. The molecule has 1 aromatic heterocycles. The lowest BCUT2D eigenvalue weighted by Gasteiger charge is -2.12. The summed E-state index contributed by atoms with van der Waals surface area (Å²) in [6.45, 7) is 4.57. The van der Waals surface area contributed by atoms with Gasteiger partial charge < -0.3 is 9.30 Å². The van der Waals surface area contributed by atoms with E-state index in [4.69, 9.17) is 11.6 Å². The fraction of sp³-hybridized carbons (Fsp3) is 0.400. The molecule has 8 heteroatoms. The lowest BCUT2D eigenvalue weighted by Crippen LogP contribution is -2.36. The number of imide groups is 1. The first-order valence-electron chi connectivity index (χ1n) is 7.17. The van der Waals surface area contributed by atoms with Crippen LogP contribution in [0.1, 0.15) is 20.3 Å².